The smallest absolute Gasteiger partial charge is 0.257 e. The molecular formula is C22H19BrFN3O4. The van der Waals surface area contributed by atoms with Crippen LogP contribution >= 0.6 is 15.9 Å². The van der Waals surface area contributed by atoms with Gasteiger partial charge in [-0.05, 0) is 64.0 Å². The molecule has 1 heterocycles. The fourth-order valence-electron chi connectivity index (χ4n) is 2.67. The minimum Gasteiger partial charge on any atom is -0.437 e. The van der Waals surface area contributed by atoms with Gasteiger partial charge >= 0.3 is 0 Å². The Morgan fingerprint density at radius 3 is 2.74 bits per heavy atom. The fraction of sp³-hybridized carbons (Fsp3) is 0.136. The molecule has 9 heteroatoms. The predicted octanol–water partition coefficient (Wildman–Crippen LogP) is 4.29. The number of ether oxygens (including phenoxy) is 2. The molecule has 0 unspecified atom stereocenters. The predicted molar refractivity (Wildman–Crippen MR) is 117 cm³/mol. The lowest BCUT2D eigenvalue weighted by atomic mass is 10.2. The number of pyridine rings is 1. The van der Waals surface area contributed by atoms with E-state index in [4.69, 9.17) is 9.47 Å². The summed E-state index contributed by atoms with van der Waals surface area (Å²) in [5, 5.41) is 5.51. The monoisotopic (exact) mass is 487 g/mol. The van der Waals surface area contributed by atoms with Gasteiger partial charge in [0.25, 0.3) is 5.91 Å². The van der Waals surface area contributed by atoms with Crippen LogP contribution in [-0.4, -0.2) is 30.5 Å². The second kappa shape index (κ2) is 10.6. The van der Waals surface area contributed by atoms with E-state index in [1.54, 1.807) is 30.3 Å². The maximum atomic E-state index is 13.3. The maximum absolute atomic E-state index is 13.3. The first-order valence-electron chi connectivity index (χ1n) is 9.20. The molecule has 3 rings (SSSR count). The minimum absolute atomic E-state index is 0.0467. The lowest BCUT2D eigenvalue weighted by Crippen LogP contribution is -2.23. The molecule has 2 aromatic carbocycles. The summed E-state index contributed by atoms with van der Waals surface area (Å²) >= 11 is 3.23. The molecule has 0 saturated heterocycles. The number of nitrogens with zero attached hydrogens (tertiary/aromatic N) is 1. The van der Waals surface area contributed by atoms with Crippen LogP contribution in [0, 0.1) is 5.82 Å². The van der Waals surface area contributed by atoms with Crippen LogP contribution in [0.25, 0.3) is 0 Å². The zero-order valence-electron chi connectivity index (χ0n) is 16.5. The molecule has 0 spiro atoms. The Bertz CT molecular complexity index is 1090. The third-order valence-electron chi connectivity index (χ3n) is 4.06. The van der Waals surface area contributed by atoms with E-state index in [0.717, 1.165) is 5.56 Å². The molecule has 7 nitrogen and oxygen atoms in total. The summed E-state index contributed by atoms with van der Waals surface area (Å²) in [5.41, 5.74) is 1.61. The van der Waals surface area contributed by atoms with Crippen LogP contribution in [0.15, 0.2) is 65.3 Å². The van der Waals surface area contributed by atoms with Crippen LogP contribution in [-0.2, 0) is 16.1 Å². The molecule has 2 N–H and O–H groups in total. The molecule has 0 aliphatic carbocycles. The third-order valence-corrected chi connectivity index (χ3v) is 4.68. The van der Waals surface area contributed by atoms with Gasteiger partial charge in [0, 0.05) is 25.5 Å². The molecule has 0 fully saturated rings. The summed E-state index contributed by atoms with van der Waals surface area (Å²) in [4.78, 5) is 28.5. The highest BCUT2D eigenvalue weighted by Crippen LogP contribution is 2.30. The fourth-order valence-corrected chi connectivity index (χ4v) is 3.10. The zero-order chi connectivity index (χ0) is 22.2. The summed E-state index contributed by atoms with van der Waals surface area (Å²) in [6.45, 7) is 0.177. The van der Waals surface area contributed by atoms with Crippen molar-refractivity contribution in [2.75, 3.05) is 19.0 Å². The molecule has 2 amide bonds. The van der Waals surface area contributed by atoms with Gasteiger partial charge in [-0.3, -0.25) is 9.59 Å². The number of aromatic nitrogens is 1. The van der Waals surface area contributed by atoms with E-state index in [-0.39, 0.29) is 30.5 Å². The van der Waals surface area contributed by atoms with Gasteiger partial charge in [0.05, 0.1) is 4.47 Å². The number of amides is 2. The van der Waals surface area contributed by atoms with E-state index in [1.165, 1.54) is 31.5 Å². The highest BCUT2D eigenvalue weighted by molar-refractivity contribution is 9.10. The lowest BCUT2D eigenvalue weighted by Gasteiger charge is -2.12. The molecule has 0 atom stereocenters. The molecule has 160 valence electrons. The number of carbonyl (C=O) groups is 2. The summed E-state index contributed by atoms with van der Waals surface area (Å²) in [6, 6.07) is 14.2. The average molecular weight is 488 g/mol. The van der Waals surface area contributed by atoms with Crippen LogP contribution in [0.3, 0.4) is 0 Å². The summed E-state index contributed by atoms with van der Waals surface area (Å²) in [6.07, 6.45) is 1.50. The van der Waals surface area contributed by atoms with Crippen molar-refractivity contribution in [2.24, 2.45) is 0 Å². The largest absolute Gasteiger partial charge is 0.437 e. The van der Waals surface area contributed by atoms with Gasteiger partial charge < -0.3 is 20.1 Å². The van der Waals surface area contributed by atoms with Crippen LogP contribution in [0.5, 0.6) is 11.6 Å². The molecule has 0 bridgehead atoms. The first-order valence-corrected chi connectivity index (χ1v) is 9.99. The first-order chi connectivity index (χ1) is 15.0. The highest BCUT2D eigenvalue weighted by Gasteiger charge is 2.15. The summed E-state index contributed by atoms with van der Waals surface area (Å²) in [5.74, 6) is -0.664. The topological polar surface area (TPSA) is 89.6 Å². The number of methoxy groups -OCH3 is 1. The number of hydrogen-bond donors (Lipinski definition) is 2. The lowest BCUT2D eigenvalue weighted by molar-refractivity contribution is -0.119. The molecule has 0 aliphatic rings. The van der Waals surface area contributed by atoms with Gasteiger partial charge in [-0.25, -0.2) is 9.37 Å². The molecular weight excluding hydrogens is 469 g/mol. The van der Waals surface area contributed by atoms with Gasteiger partial charge in [0.2, 0.25) is 11.8 Å². The van der Waals surface area contributed by atoms with Gasteiger partial charge in [0.1, 0.15) is 23.7 Å². The van der Waals surface area contributed by atoms with E-state index in [9.17, 15) is 14.0 Å². The second-order valence-electron chi connectivity index (χ2n) is 6.40. The van der Waals surface area contributed by atoms with Crippen molar-refractivity contribution in [3.63, 3.8) is 0 Å². The van der Waals surface area contributed by atoms with Crippen LogP contribution in [0.2, 0.25) is 0 Å². The van der Waals surface area contributed by atoms with Crippen molar-refractivity contribution in [1.82, 2.24) is 10.3 Å². The number of anilines is 1. The van der Waals surface area contributed by atoms with Gasteiger partial charge in [-0.15, -0.1) is 0 Å². The number of carbonyl (C=O) groups excluding carboxylic acids is 2. The Kier molecular flexibility index (Phi) is 7.69. The number of nitrogens with one attached hydrogen (secondary N) is 2. The van der Waals surface area contributed by atoms with Gasteiger partial charge in [0.15, 0.2) is 0 Å². The van der Waals surface area contributed by atoms with Crippen molar-refractivity contribution < 1.29 is 23.5 Å². The van der Waals surface area contributed by atoms with E-state index >= 15 is 0 Å². The Balaban J connectivity index is 1.68. The molecule has 0 radical (unpaired) electrons. The summed E-state index contributed by atoms with van der Waals surface area (Å²) < 4.78 is 24.2. The normalized spacial score (nSPS) is 10.4. The standard InChI is InChI=1S/C22H19BrFN3O4/c1-30-13-20(28)27-16-5-2-4-14(10-16)12-26-21(29)17-6-3-9-25-22(17)31-19-8-7-15(24)11-18(19)23/h2-11H,12-13H2,1H3,(H,26,29)(H,27,28). The van der Waals surface area contributed by atoms with E-state index in [1.807, 2.05) is 6.07 Å². The van der Waals surface area contributed by atoms with Crippen molar-refractivity contribution >= 4 is 33.4 Å². The Morgan fingerprint density at radius 1 is 1.13 bits per heavy atom. The number of halogens is 2. The zero-order valence-corrected chi connectivity index (χ0v) is 18.1. The average Bonchev–Trinajstić information content (AvgIpc) is 2.75. The first kappa shape index (κ1) is 22.4. The Hall–Kier alpha value is -3.30. The SMILES string of the molecule is COCC(=O)Nc1cccc(CNC(=O)c2cccnc2Oc2ccc(F)cc2Br)c1. The number of benzene rings is 2. The van der Waals surface area contributed by atoms with Gasteiger partial charge in [-0.1, -0.05) is 12.1 Å². The summed E-state index contributed by atoms with van der Waals surface area (Å²) in [7, 11) is 1.44. The highest BCUT2D eigenvalue weighted by atomic mass is 79.9. The van der Waals surface area contributed by atoms with Crippen LogP contribution in [0.4, 0.5) is 10.1 Å². The molecule has 3 aromatic rings. The van der Waals surface area contributed by atoms with Crippen molar-refractivity contribution in [3.8, 4) is 11.6 Å². The Labute approximate surface area is 186 Å². The minimum atomic E-state index is -0.418. The maximum Gasteiger partial charge on any atom is 0.257 e. The van der Waals surface area contributed by atoms with Crippen LogP contribution in [0.1, 0.15) is 15.9 Å². The van der Waals surface area contributed by atoms with Gasteiger partial charge in [-0.2, -0.15) is 0 Å². The van der Waals surface area contributed by atoms with Crippen molar-refractivity contribution in [3.05, 3.63) is 82.2 Å². The van der Waals surface area contributed by atoms with E-state index in [0.29, 0.717) is 15.9 Å². The molecule has 31 heavy (non-hydrogen) atoms. The third kappa shape index (κ3) is 6.34. The second-order valence-corrected chi connectivity index (χ2v) is 7.25. The number of hydrogen-bond acceptors (Lipinski definition) is 5. The van der Waals surface area contributed by atoms with Crippen molar-refractivity contribution in [2.45, 2.75) is 6.54 Å². The quantitative estimate of drug-likeness (QED) is 0.494. The molecule has 1 aromatic heterocycles. The van der Waals surface area contributed by atoms with Crippen LogP contribution < -0.4 is 15.4 Å². The van der Waals surface area contributed by atoms with Crippen molar-refractivity contribution in [1.29, 1.82) is 0 Å². The van der Waals surface area contributed by atoms with E-state index in [2.05, 4.69) is 31.5 Å². The molecule has 0 aliphatic heterocycles. The van der Waals surface area contributed by atoms with E-state index < -0.39 is 11.7 Å². The molecule has 0 saturated carbocycles. The number of rotatable bonds is 8. The Morgan fingerprint density at radius 2 is 1.97 bits per heavy atom.